The van der Waals surface area contributed by atoms with Crippen LogP contribution in [0.2, 0.25) is 0 Å². The second kappa shape index (κ2) is 18.0. The highest BCUT2D eigenvalue weighted by atomic mass is 16.8. The molecule has 1 amide bonds. The molecule has 48 heavy (non-hydrogen) atoms. The average Bonchev–Trinajstić information content (AvgIpc) is 3.07. The predicted octanol–water partition coefficient (Wildman–Crippen LogP) is -9.76. The number of aliphatic hydroxyl groups is 13. The van der Waals surface area contributed by atoms with Crippen molar-refractivity contribution in [3.63, 3.8) is 0 Å². The summed E-state index contributed by atoms with van der Waals surface area (Å²) in [5.74, 6) is -0.781. The molecule has 3 aliphatic rings. The minimum atomic E-state index is -2.17. The van der Waals surface area contributed by atoms with E-state index in [1.165, 1.54) is 0 Å². The van der Waals surface area contributed by atoms with Crippen LogP contribution in [0.4, 0.5) is 0 Å². The van der Waals surface area contributed by atoms with Crippen LogP contribution >= 0.6 is 0 Å². The Morgan fingerprint density at radius 1 is 0.708 bits per heavy atom. The Bertz CT molecular complexity index is 1010. The molecule has 0 aromatic carbocycles. The molecule has 0 spiro atoms. The third-order valence-electron chi connectivity index (χ3n) is 8.16. The lowest BCUT2D eigenvalue weighted by Crippen LogP contribution is -2.69. The first-order valence-corrected chi connectivity index (χ1v) is 14.9. The second-order valence-corrected chi connectivity index (χ2v) is 11.5. The molecule has 3 fully saturated rings. The van der Waals surface area contributed by atoms with Gasteiger partial charge in [0.15, 0.2) is 25.2 Å². The zero-order valence-corrected chi connectivity index (χ0v) is 25.5. The molecule has 280 valence electrons. The fourth-order valence-corrected chi connectivity index (χ4v) is 5.49. The molecule has 19 atom stereocenters. The number of hydrogen-bond acceptors (Lipinski definition) is 21. The molecule has 0 unspecified atom stereocenters. The van der Waals surface area contributed by atoms with Crippen molar-refractivity contribution < 1.29 is 104 Å². The Balaban J connectivity index is 1.88. The summed E-state index contributed by atoms with van der Waals surface area (Å²) in [6, 6.07) is -1.65. The topological polar surface area (TPSA) is 365 Å². The molecule has 0 saturated carbocycles. The van der Waals surface area contributed by atoms with Crippen molar-refractivity contribution in [3.8, 4) is 0 Å². The quantitative estimate of drug-likeness (QED) is 0.0702. The number of amides is 1. The van der Waals surface area contributed by atoms with Crippen molar-refractivity contribution in [1.29, 1.82) is 0 Å². The number of aldehydes is 1. The Morgan fingerprint density at radius 3 is 1.79 bits per heavy atom. The van der Waals surface area contributed by atoms with E-state index in [-0.39, 0.29) is 6.29 Å². The normalized spacial score (nSPS) is 43.2. The molecule has 0 aromatic rings. The van der Waals surface area contributed by atoms with Crippen LogP contribution in [-0.4, -0.2) is 221 Å². The molecular weight excluding hydrogens is 662 g/mol. The molecule has 14 N–H and O–H groups in total. The lowest BCUT2D eigenvalue weighted by atomic mass is 9.94. The van der Waals surface area contributed by atoms with Gasteiger partial charge in [0.25, 0.3) is 0 Å². The number of carbonyl (C=O) groups is 2. The number of nitrogens with one attached hydrogen (secondary N) is 1. The Kier molecular flexibility index (Phi) is 15.3. The molecule has 3 heterocycles. The van der Waals surface area contributed by atoms with Crippen molar-refractivity contribution >= 4 is 12.2 Å². The molecular formula is C26H45NO21. The molecule has 3 rings (SSSR count). The summed E-state index contributed by atoms with van der Waals surface area (Å²) in [7, 11) is 0. The first-order valence-electron chi connectivity index (χ1n) is 14.9. The molecule has 0 aliphatic carbocycles. The third-order valence-corrected chi connectivity index (χ3v) is 8.16. The molecule has 0 aromatic heterocycles. The van der Waals surface area contributed by atoms with E-state index in [1.54, 1.807) is 0 Å². The predicted molar refractivity (Wildman–Crippen MR) is 147 cm³/mol. The van der Waals surface area contributed by atoms with Crippen molar-refractivity contribution in [2.45, 2.75) is 123 Å². The van der Waals surface area contributed by atoms with Crippen LogP contribution in [0.3, 0.4) is 0 Å². The van der Waals surface area contributed by atoms with E-state index in [0.717, 1.165) is 6.92 Å². The zero-order chi connectivity index (χ0) is 36.0. The Morgan fingerprint density at radius 2 is 1.25 bits per heavy atom. The van der Waals surface area contributed by atoms with Crippen LogP contribution in [0, 0.1) is 0 Å². The Labute approximate surface area is 272 Å². The van der Waals surface area contributed by atoms with Gasteiger partial charge in [-0.15, -0.1) is 0 Å². The maximum absolute atomic E-state index is 12.1. The molecule has 3 aliphatic heterocycles. The first kappa shape index (κ1) is 40.8. The Hall–Kier alpha value is -1.62. The maximum atomic E-state index is 12.1. The number of hydrogen-bond donors (Lipinski definition) is 14. The van der Waals surface area contributed by atoms with E-state index < -0.39 is 149 Å². The van der Waals surface area contributed by atoms with E-state index in [4.69, 9.17) is 28.4 Å². The highest BCUT2D eigenvalue weighted by molar-refractivity contribution is 5.73. The average molecular weight is 708 g/mol. The lowest BCUT2D eigenvalue weighted by molar-refractivity contribution is -0.372. The van der Waals surface area contributed by atoms with Gasteiger partial charge in [0.1, 0.15) is 97.6 Å². The van der Waals surface area contributed by atoms with E-state index in [2.05, 4.69) is 5.32 Å². The summed E-state index contributed by atoms with van der Waals surface area (Å²) < 4.78 is 33.1. The van der Waals surface area contributed by atoms with Gasteiger partial charge in [-0.05, 0) is 0 Å². The summed E-state index contributed by atoms with van der Waals surface area (Å²) in [5.41, 5.74) is 0. The van der Waals surface area contributed by atoms with Gasteiger partial charge in [0, 0.05) is 6.92 Å². The second-order valence-electron chi connectivity index (χ2n) is 11.5. The van der Waals surface area contributed by atoms with Gasteiger partial charge < -0.3 is 105 Å². The van der Waals surface area contributed by atoms with Gasteiger partial charge in [0.2, 0.25) is 5.91 Å². The zero-order valence-electron chi connectivity index (χ0n) is 25.5. The van der Waals surface area contributed by atoms with Crippen molar-refractivity contribution in [3.05, 3.63) is 0 Å². The fourth-order valence-electron chi connectivity index (χ4n) is 5.49. The van der Waals surface area contributed by atoms with Crippen LogP contribution in [0.25, 0.3) is 0 Å². The lowest BCUT2D eigenvalue weighted by Gasteiger charge is -2.49. The summed E-state index contributed by atoms with van der Waals surface area (Å²) in [6.07, 6.45) is -33.7. The molecule has 3 saturated heterocycles. The number of ether oxygens (including phenoxy) is 6. The van der Waals surface area contributed by atoms with Gasteiger partial charge in [-0.3, -0.25) is 4.79 Å². The van der Waals surface area contributed by atoms with Crippen LogP contribution in [-0.2, 0) is 38.0 Å². The van der Waals surface area contributed by atoms with E-state index in [0.29, 0.717) is 0 Å². The summed E-state index contributed by atoms with van der Waals surface area (Å²) in [4.78, 5) is 23.1. The summed E-state index contributed by atoms with van der Waals surface area (Å²) in [6.45, 7) is -2.73. The van der Waals surface area contributed by atoms with Crippen LogP contribution in [0.15, 0.2) is 0 Å². The van der Waals surface area contributed by atoms with Crippen LogP contribution < -0.4 is 5.32 Å². The largest absolute Gasteiger partial charge is 0.394 e. The number of aliphatic hydroxyl groups excluding tert-OH is 13. The van der Waals surface area contributed by atoms with Crippen molar-refractivity contribution in [2.24, 2.45) is 0 Å². The SMILES string of the molecule is CC(=O)N[C@H]1[C@@H](O[C@H]2[C@H](O)[C@@H](O[C@@H]([C@H](O)[C@H](O)C=O)[C@H](O)CO)O[C@@H](CO)[C@@H]2O)O[C@H](CO)[C@H](O[C@@H]2O[C@H](CO)[C@@H](O)[C@H](O)[C@@H]2O)[C@@H]1O. The van der Waals surface area contributed by atoms with Crippen LogP contribution in [0.1, 0.15) is 6.92 Å². The standard InChI is InChI=1S/C26H45NO21/c1-7(33)27-13-17(39)22(47-25-19(41)18(40)15(37)10(4-30)43-25)12(6-32)45-24(13)48-23-16(38)11(5-31)44-26(20(23)42)46-21(9(35)3-29)14(36)8(34)2-28/h2,8-26,29-32,34-42H,3-6H2,1H3,(H,27,33)/t8-,9-,10-,11+,12-,13-,14-,15-,16+,17-,18+,19+,20+,21-,22+,23-,24-,25+,26-/m1/s1. The van der Waals surface area contributed by atoms with Gasteiger partial charge in [0.05, 0.1) is 26.4 Å². The summed E-state index contributed by atoms with van der Waals surface area (Å²) in [5, 5.41) is 135. The molecule has 22 heteroatoms. The maximum Gasteiger partial charge on any atom is 0.217 e. The summed E-state index contributed by atoms with van der Waals surface area (Å²) >= 11 is 0. The molecule has 0 radical (unpaired) electrons. The highest BCUT2D eigenvalue weighted by Crippen LogP contribution is 2.33. The van der Waals surface area contributed by atoms with Gasteiger partial charge in [-0.2, -0.15) is 0 Å². The van der Waals surface area contributed by atoms with Crippen LogP contribution in [0.5, 0.6) is 0 Å². The third kappa shape index (κ3) is 8.99. The minimum absolute atomic E-state index is 0.102. The highest BCUT2D eigenvalue weighted by Gasteiger charge is 2.54. The first-order chi connectivity index (χ1) is 22.6. The molecule has 22 nitrogen and oxygen atoms in total. The van der Waals surface area contributed by atoms with Crippen molar-refractivity contribution in [2.75, 3.05) is 26.4 Å². The van der Waals surface area contributed by atoms with E-state index >= 15 is 0 Å². The fraction of sp³-hybridized carbons (Fsp3) is 0.923. The van der Waals surface area contributed by atoms with Gasteiger partial charge >= 0.3 is 0 Å². The molecule has 0 bridgehead atoms. The van der Waals surface area contributed by atoms with Gasteiger partial charge in [-0.1, -0.05) is 0 Å². The monoisotopic (exact) mass is 707 g/mol. The number of rotatable bonds is 15. The van der Waals surface area contributed by atoms with Crippen molar-refractivity contribution in [1.82, 2.24) is 5.32 Å². The minimum Gasteiger partial charge on any atom is -0.394 e. The number of carbonyl (C=O) groups excluding carboxylic acids is 2. The smallest absolute Gasteiger partial charge is 0.217 e. The van der Waals surface area contributed by atoms with E-state index in [9.17, 15) is 76.0 Å². The van der Waals surface area contributed by atoms with Gasteiger partial charge in [-0.25, -0.2) is 0 Å². The van der Waals surface area contributed by atoms with E-state index in [1.807, 2.05) is 0 Å².